The number of aliphatic hydroxyl groups is 2. The fourth-order valence-corrected chi connectivity index (χ4v) is 1.43. The lowest BCUT2D eigenvalue weighted by molar-refractivity contribution is -0.234. The molecule has 0 spiro atoms. The van der Waals surface area contributed by atoms with Crippen LogP contribution in [0.25, 0.3) is 0 Å². The Morgan fingerprint density at radius 3 is 2.50 bits per heavy atom. The molecular formula is C7H14FNO3. The Kier molecular flexibility index (Phi) is 3.00. The van der Waals surface area contributed by atoms with E-state index in [4.69, 9.17) is 9.84 Å². The molecule has 0 aromatic carbocycles. The molecule has 72 valence electrons. The maximum absolute atomic E-state index is 12.9. The van der Waals surface area contributed by atoms with Gasteiger partial charge in [0.05, 0.1) is 12.1 Å². The lowest BCUT2D eigenvalue weighted by Crippen LogP contribution is -2.59. The standard InChI is InChI=1S/C7H14FNO3/c1-3-5(9-2)6(10)4(8)7(11)12-3/h3-7,9-11H,1-2H3. The molecule has 0 amide bonds. The fourth-order valence-electron chi connectivity index (χ4n) is 1.43. The van der Waals surface area contributed by atoms with E-state index >= 15 is 0 Å². The third kappa shape index (κ3) is 1.59. The molecule has 1 rings (SSSR count). The summed E-state index contributed by atoms with van der Waals surface area (Å²) in [6.07, 6.45) is -4.86. The van der Waals surface area contributed by atoms with E-state index in [1.54, 1.807) is 14.0 Å². The summed E-state index contributed by atoms with van der Waals surface area (Å²) in [5, 5.41) is 21.0. The highest BCUT2D eigenvalue weighted by Crippen LogP contribution is 2.21. The van der Waals surface area contributed by atoms with Crippen molar-refractivity contribution in [1.29, 1.82) is 0 Å². The summed E-state index contributed by atoms with van der Waals surface area (Å²) in [4.78, 5) is 0. The highest BCUT2D eigenvalue weighted by Gasteiger charge is 2.42. The smallest absolute Gasteiger partial charge is 0.189 e. The van der Waals surface area contributed by atoms with Crippen molar-refractivity contribution < 1.29 is 19.3 Å². The van der Waals surface area contributed by atoms with E-state index in [-0.39, 0.29) is 0 Å². The molecule has 0 aromatic heterocycles. The van der Waals surface area contributed by atoms with Gasteiger partial charge in [0.2, 0.25) is 0 Å². The van der Waals surface area contributed by atoms with Crippen LogP contribution in [0.5, 0.6) is 0 Å². The van der Waals surface area contributed by atoms with E-state index in [2.05, 4.69) is 5.32 Å². The second-order valence-electron chi connectivity index (χ2n) is 2.98. The molecule has 1 aliphatic heterocycles. The van der Waals surface area contributed by atoms with Crippen molar-refractivity contribution in [3.8, 4) is 0 Å². The summed E-state index contributed by atoms with van der Waals surface area (Å²) < 4.78 is 17.7. The van der Waals surface area contributed by atoms with Crippen molar-refractivity contribution in [3.63, 3.8) is 0 Å². The minimum Gasteiger partial charge on any atom is -0.388 e. The van der Waals surface area contributed by atoms with Crippen molar-refractivity contribution in [3.05, 3.63) is 0 Å². The first kappa shape index (κ1) is 9.85. The van der Waals surface area contributed by atoms with Gasteiger partial charge < -0.3 is 20.3 Å². The van der Waals surface area contributed by atoms with Crippen LogP contribution in [-0.4, -0.2) is 48.0 Å². The molecule has 0 radical (unpaired) electrons. The van der Waals surface area contributed by atoms with Crippen molar-refractivity contribution in [2.45, 2.75) is 37.6 Å². The number of halogens is 1. The summed E-state index contributed by atoms with van der Waals surface area (Å²) in [5.74, 6) is 0. The van der Waals surface area contributed by atoms with E-state index in [0.29, 0.717) is 0 Å². The first-order valence-corrected chi connectivity index (χ1v) is 3.91. The SMILES string of the molecule is CNC1C(C)OC(O)C(F)C1O. The maximum atomic E-state index is 12.9. The summed E-state index contributed by atoms with van der Waals surface area (Å²) >= 11 is 0. The van der Waals surface area contributed by atoms with Crippen molar-refractivity contribution >= 4 is 0 Å². The molecule has 5 heteroatoms. The van der Waals surface area contributed by atoms with E-state index in [1.165, 1.54) is 0 Å². The van der Waals surface area contributed by atoms with Gasteiger partial charge in [0.25, 0.3) is 0 Å². The molecule has 5 atom stereocenters. The number of rotatable bonds is 1. The second-order valence-corrected chi connectivity index (χ2v) is 2.98. The zero-order valence-electron chi connectivity index (χ0n) is 7.07. The van der Waals surface area contributed by atoms with Crippen molar-refractivity contribution in [2.75, 3.05) is 7.05 Å². The highest BCUT2D eigenvalue weighted by molar-refractivity contribution is 4.91. The van der Waals surface area contributed by atoms with Gasteiger partial charge in [-0.15, -0.1) is 0 Å². The molecule has 12 heavy (non-hydrogen) atoms. The predicted octanol–water partition coefficient (Wildman–Crippen LogP) is -0.990. The van der Waals surface area contributed by atoms with E-state index in [1.807, 2.05) is 0 Å². The Morgan fingerprint density at radius 1 is 1.42 bits per heavy atom. The lowest BCUT2D eigenvalue weighted by atomic mass is 9.98. The Morgan fingerprint density at radius 2 is 2.00 bits per heavy atom. The van der Waals surface area contributed by atoms with Crippen LogP contribution in [0.2, 0.25) is 0 Å². The average molecular weight is 179 g/mol. The Balaban J connectivity index is 2.65. The molecule has 1 heterocycles. The zero-order valence-corrected chi connectivity index (χ0v) is 7.07. The normalized spacial score (nSPS) is 49.2. The monoisotopic (exact) mass is 179 g/mol. The van der Waals surface area contributed by atoms with E-state index in [0.717, 1.165) is 0 Å². The van der Waals surface area contributed by atoms with Crippen molar-refractivity contribution in [2.24, 2.45) is 0 Å². The molecule has 4 nitrogen and oxygen atoms in total. The fraction of sp³-hybridized carbons (Fsp3) is 1.00. The van der Waals surface area contributed by atoms with Crippen LogP contribution < -0.4 is 5.32 Å². The first-order chi connectivity index (χ1) is 5.57. The molecule has 3 N–H and O–H groups in total. The minimum atomic E-state index is -1.74. The average Bonchev–Trinajstić information content (AvgIpc) is 2.01. The van der Waals surface area contributed by atoms with Gasteiger partial charge in [-0.3, -0.25) is 0 Å². The summed E-state index contributed by atoms with van der Waals surface area (Å²) in [5.41, 5.74) is 0. The van der Waals surface area contributed by atoms with E-state index in [9.17, 15) is 9.50 Å². The summed E-state index contributed by atoms with van der Waals surface area (Å²) in [7, 11) is 1.61. The minimum absolute atomic E-state index is 0.396. The second kappa shape index (κ2) is 3.66. The van der Waals surface area contributed by atoms with Gasteiger partial charge in [0.15, 0.2) is 12.5 Å². The van der Waals surface area contributed by atoms with Crippen LogP contribution in [-0.2, 0) is 4.74 Å². The Bertz CT molecular complexity index is 158. The molecule has 5 unspecified atom stereocenters. The van der Waals surface area contributed by atoms with Gasteiger partial charge in [-0.2, -0.15) is 0 Å². The number of hydrogen-bond acceptors (Lipinski definition) is 4. The zero-order chi connectivity index (χ0) is 9.30. The molecule has 1 aliphatic rings. The number of nitrogens with one attached hydrogen (secondary N) is 1. The maximum Gasteiger partial charge on any atom is 0.189 e. The summed E-state index contributed by atoms with van der Waals surface area (Å²) in [6, 6.07) is -0.469. The molecule has 1 saturated heterocycles. The van der Waals surface area contributed by atoms with Crippen LogP contribution in [0.1, 0.15) is 6.92 Å². The van der Waals surface area contributed by atoms with E-state index < -0.39 is 30.7 Å². The Hall–Kier alpha value is -0.230. The van der Waals surface area contributed by atoms with Gasteiger partial charge in [-0.05, 0) is 14.0 Å². The third-order valence-electron chi connectivity index (χ3n) is 2.16. The first-order valence-electron chi connectivity index (χ1n) is 3.91. The molecule has 1 fully saturated rings. The summed E-state index contributed by atoms with van der Waals surface area (Å²) in [6.45, 7) is 1.67. The van der Waals surface area contributed by atoms with Gasteiger partial charge in [-0.1, -0.05) is 0 Å². The quantitative estimate of drug-likeness (QED) is 0.483. The third-order valence-corrected chi connectivity index (χ3v) is 2.16. The lowest BCUT2D eigenvalue weighted by Gasteiger charge is -2.38. The molecule has 0 aromatic rings. The number of hydrogen-bond donors (Lipinski definition) is 3. The largest absolute Gasteiger partial charge is 0.388 e. The van der Waals surface area contributed by atoms with Crippen LogP contribution in [0.4, 0.5) is 4.39 Å². The van der Waals surface area contributed by atoms with Gasteiger partial charge in [0, 0.05) is 0 Å². The van der Waals surface area contributed by atoms with Crippen LogP contribution >= 0.6 is 0 Å². The molecular weight excluding hydrogens is 165 g/mol. The van der Waals surface area contributed by atoms with Crippen LogP contribution in [0, 0.1) is 0 Å². The number of ether oxygens (including phenoxy) is 1. The number of aliphatic hydroxyl groups excluding tert-OH is 2. The predicted molar refractivity (Wildman–Crippen MR) is 40.3 cm³/mol. The van der Waals surface area contributed by atoms with Crippen molar-refractivity contribution in [1.82, 2.24) is 5.32 Å². The van der Waals surface area contributed by atoms with Crippen LogP contribution in [0.3, 0.4) is 0 Å². The van der Waals surface area contributed by atoms with Gasteiger partial charge in [0.1, 0.15) is 6.10 Å². The number of alkyl halides is 1. The molecule has 0 saturated carbocycles. The molecule has 0 aliphatic carbocycles. The highest BCUT2D eigenvalue weighted by atomic mass is 19.1. The Labute approximate surface area is 70.3 Å². The molecule has 0 bridgehead atoms. The van der Waals surface area contributed by atoms with Gasteiger partial charge >= 0.3 is 0 Å². The number of likely N-dealkylation sites (N-methyl/N-ethyl adjacent to an activating group) is 1. The van der Waals surface area contributed by atoms with Crippen LogP contribution in [0.15, 0.2) is 0 Å². The van der Waals surface area contributed by atoms with Gasteiger partial charge in [-0.25, -0.2) is 4.39 Å². The topological polar surface area (TPSA) is 61.7 Å².